The third kappa shape index (κ3) is 3.37. The van der Waals surface area contributed by atoms with Crippen molar-refractivity contribution >= 4 is 5.91 Å². The molecule has 0 bridgehead atoms. The van der Waals surface area contributed by atoms with E-state index >= 15 is 0 Å². The lowest BCUT2D eigenvalue weighted by molar-refractivity contribution is 0.0790. The molecule has 1 aromatic heterocycles. The smallest absolute Gasteiger partial charge is 0.253 e. The summed E-state index contributed by atoms with van der Waals surface area (Å²) in [5.74, 6) is 2.37. The van der Waals surface area contributed by atoms with Crippen LogP contribution in [0, 0.1) is 0 Å². The van der Waals surface area contributed by atoms with Crippen molar-refractivity contribution in [3.63, 3.8) is 0 Å². The van der Waals surface area contributed by atoms with E-state index in [2.05, 4.69) is 19.7 Å². The van der Waals surface area contributed by atoms with Gasteiger partial charge in [-0.05, 0) is 18.6 Å². The molecule has 1 saturated heterocycles. The van der Waals surface area contributed by atoms with Crippen LogP contribution in [-0.4, -0.2) is 74.9 Å². The van der Waals surface area contributed by atoms with Crippen LogP contribution in [0.15, 0.2) is 30.3 Å². The first-order valence-electron chi connectivity index (χ1n) is 9.36. The maximum atomic E-state index is 12.7. The molecule has 2 aromatic rings. The Kier molecular flexibility index (Phi) is 4.99. The van der Waals surface area contributed by atoms with E-state index in [1.54, 1.807) is 0 Å². The van der Waals surface area contributed by atoms with Crippen LogP contribution in [-0.2, 0) is 13.0 Å². The number of hydrogen-bond acceptors (Lipinski definition) is 5. The fourth-order valence-electron chi connectivity index (χ4n) is 3.97. The highest BCUT2D eigenvalue weighted by Crippen LogP contribution is 2.28. The molecule has 1 fully saturated rings. The fraction of sp³-hybridized carbons (Fsp3) is 0.526. The number of aliphatic hydroxyl groups is 1. The van der Waals surface area contributed by atoms with Crippen molar-refractivity contribution in [1.82, 2.24) is 24.6 Å². The quantitative estimate of drug-likeness (QED) is 0.876. The van der Waals surface area contributed by atoms with E-state index in [1.807, 2.05) is 35.2 Å². The topological polar surface area (TPSA) is 74.5 Å². The van der Waals surface area contributed by atoms with Gasteiger partial charge in [0.2, 0.25) is 0 Å². The minimum atomic E-state index is 0.0952. The van der Waals surface area contributed by atoms with Crippen LogP contribution in [0.25, 0.3) is 0 Å². The maximum Gasteiger partial charge on any atom is 0.253 e. The number of nitrogens with zero attached hydrogens (tertiary/aromatic N) is 5. The minimum Gasteiger partial charge on any atom is -0.395 e. The van der Waals surface area contributed by atoms with Gasteiger partial charge in [-0.25, -0.2) is 0 Å². The van der Waals surface area contributed by atoms with E-state index in [-0.39, 0.29) is 18.4 Å². The number of fused-ring (bicyclic) bond motifs is 1. The zero-order valence-electron chi connectivity index (χ0n) is 14.9. The molecule has 26 heavy (non-hydrogen) atoms. The van der Waals surface area contributed by atoms with Crippen LogP contribution in [0.1, 0.15) is 34.3 Å². The Morgan fingerprint density at radius 2 is 1.96 bits per heavy atom. The molecule has 0 radical (unpaired) electrons. The Balaban J connectivity index is 1.46. The average Bonchev–Trinajstić information content (AvgIpc) is 3.26. The molecular weight excluding hydrogens is 330 g/mol. The molecule has 1 atom stereocenters. The maximum absolute atomic E-state index is 12.7. The van der Waals surface area contributed by atoms with Crippen LogP contribution < -0.4 is 0 Å². The van der Waals surface area contributed by atoms with E-state index in [0.717, 1.165) is 56.2 Å². The summed E-state index contributed by atoms with van der Waals surface area (Å²) in [5, 5.41) is 18.0. The second kappa shape index (κ2) is 7.55. The number of likely N-dealkylation sites (tertiary alicyclic amines) is 1. The molecule has 0 aliphatic carbocycles. The van der Waals surface area contributed by atoms with Gasteiger partial charge in [-0.15, -0.1) is 10.2 Å². The molecule has 3 heterocycles. The highest BCUT2D eigenvalue weighted by Gasteiger charge is 2.32. The predicted octanol–water partition coefficient (Wildman–Crippen LogP) is 0.758. The molecule has 0 spiro atoms. The van der Waals surface area contributed by atoms with Gasteiger partial charge in [0, 0.05) is 57.2 Å². The molecular formula is C19H25N5O2. The number of aromatic nitrogens is 3. The highest BCUT2D eigenvalue weighted by atomic mass is 16.3. The van der Waals surface area contributed by atoms with Gasteiger partial charge in [0.15, 0.2) is 0 Å². The number of β-amino-alcohol motifs (C(OH)–C–C–N with tert-alkyl or cyclic N) is 1. The second-order valence-electron chi connectivity index (χ2n) is 7.04. The number of rotatable bonds is 4. The molecule has 4 rings (SSSR count). The Bertz CT molecular complexity index is 761. The van der Waals surface area contributed by atoms with Gasteiger partial charge < -0.3 is 14.6 Å². The van der Waals surface area contributed by atoms with Crippen molar-refractivity contribution in [2.45, 2.75) is 25.3 Å². The van der Waals surface area contributed by atoms with Gasteiger partial charge in [0.25, 0.3) is 5.91 Å². The monoisotopic (exact) mass is 355 g/mol. The minimum absolute atomic E-state index is 0.0952. The van der Waals surface area contributed by atoms with Gasteiger partial charge in [-0.2, -0.15) is 0 Å². The Labute approximate surface area is 153 Å². The van der Waals surface area contributed by atoms with Crippen LogP contribution in [0.5, 0.6) is 0 Å². The molecule has 1 amide bonds. The average molecular weight is 355 g/mol. The summed E-state index contributed by atoms with van der Waals surface area (Å²) in [4.78, 5) is 16.9. The molecule has 2 aliphatic rings. The summed E-state index contributed by atoms with van der Waals surface area (Å²) in [5.41, 5.74) is 0.743. The fourth-order valence-corrected chi connectivity index (χ4v) is 3.97. The third-order valence-corrected chi connectivity index (χ3v) is 5.43. The number of amides is 1. The number of benzene rings is 1. The molecule has 1 N–H and O–H groups in total. The first-order valence-corrected chi connectivity index (χ1v) is 9.36. The summed E-state index contributed by atoms with van der Waals surface area (Å²) in [6.45, 7) is 5.01. The van der Waals surface area contributed by atoms with Crippen molar-refractivity contribution in [2.24, 2.45) is 0 Å². The Morgan fingerprint density at radius 1 is 1.12 bits per heavy atom. The lowest BCUT2D eigenvalue weighted by Gasteiger charge is -2.18. The van der Waals surface area contributed by atoms with Crippen LogP contribution >= 0.6 is 0 Å². The van der Waals surface area contributed by atoms with E-state index in [9.17, 15) is 4.79 Å². The van der Waals surface area contributed by atoms with E-state index < -0.39 is 0 Å². The first kappa shape index (κ1) is 17.2. The lowest BCUT2D eigenvalue weighted by Crippen LogP contribution is -2.30. The summed E-state index contributed by atoms with van der Waals surface area (Å²) >= 11 is 0. The van der Waals surface area contributed by atoms with Crippen LogP contribution in [0.4, 0.5) is 0 Å². The number of carbonyl (C=O) groups is 1. The van der Waals surface area contributed by atoms with Crippen molar-refractivity contribution < 1.29 is 9.90 Å². The third-order valence-electron chi connectivity index (χ3n) is 5.43. The molecule has 1 aromatic carbocycles. The normalized spacial score (nSPS) is 20.8. The van der Waals surface area contributed by atoms with Gasteiger partial charge in [-0.3, -0.25) is 9.69 Å². The summed E-state index contributed by atoms with van der Waals surface area (Å²) in [6.07, 6.45) is 1.78. The van der Waals surface area contributed by atoms with Crippen LogP contribution in [0.3, 0.4) is 0 Å². The first-order chi connectivity index (χ1) is 12.8. The largest absolute Gasteiger partial charge is 0.395 e. The number of hydrogen-bond donors (Lipinski definition) is 1. The Hall–Kier alpha value is -2.25. The molecule has 2 aliphatic heterocycles. The number of aliphatic hydroxyl groups excluding tert-OH is 1. The molecule has 0 saturated carbocycles. The van der Waals surface area contributed by atoms with Gasteiger partial charge in [0.05, 0.1) is 6.61 Å². The summed E-state index contributed by atoms with van der Waals surface area (Å²) < 4.78 is 2.23. The van der Waals surface area contributed by atoms with Crippen molar-refractivity contribution in [1.29, 1.82) is 0 Å². The lowest BCUT2D eigenvalue weighted by atomic mass is 10.1. The van der Waals surface area contributed by atoms with Crippen molar-refractivity contribution in [3.8, 4) is 0 Å². The second-order valence-corrected chi connectivity index (χ2v) is 7.04. The van der Waals surface area contributed by atoms with E-state index in [0.29, 0.717) is 13.1 Å². The van der Waals surface area contributed by atoms with Crippen LogP contribution in [0.2, 0.25) is 0 Å². The van der Waals surface area contributed by atoms with Gasteiger partial charge >= 0.3 is 0 Å². The predicted molar refractivity (Wildman–Crippen MR) is 97.0 cm³/mol. The number of carbonyl (C=O) groups excluding carboxylic acids is 1. The van der Waals surface area contributed by atoms with E-state index in [1.165, 1.54) is 0 Å². The van der Waals surface area contributed by atoms with E-state index in [4.69, 9.17) is 5.11 Å². The molecule has 1 unspecified atom stereocenters. The van der Waals surface area contributed by atoms with Crippen molar-refractivity contribution in [2.75, 3.05) is 39.3 Å². The summed E-state index contributed by atoms with van der Waals surface area (Å²) in [6, 6.07) is 9.47. The van der Waals surface area contributed by atoms with Gasteiger partial charge in [-0.1, -0.05) is 18.2 Å². The zero-order chi connectivity index (χ0) is 17.9. The molecule has 7 nitrogen and oxygen atoms in total. The van der Waals surface area contributed by atoms with Crippen molar-refractivity contribution in [3.05, 3.63) is 47.5 Å². The zero-order valence-corrected chi connectivity index (χ0v) is 14.9. The standard InChI is InChI=1S/C19H25N5O2/c25-13-12-22-8-7-17-20-21-18(24(17)11-10-22)16-6-9-23(14-16)19(26)15-4-2-1-3-5-15/h1-5,16,25H,6-14H2. The summed E-state index contributed by atoms with van der Waals surface area (Å²) in [7, 11) is 0. The Morgan fingerprint density at radius 3 is 2.77 bits per heavy atom. The highest BCUT2D eigenvalue weighted by molar-refractivity contribution is 5.94. The SMILES string of the molecule is O=C(c1ccccc1)N1CCC(c2nnc3n2CCN(CCO)CC3)C1. The molecule has 138 valence electrons. The molecule has 7 heteroatoms. The van der Waals surface area contributed by atoms with Gasteiger partial charge in [0.1, 0.15) is 11.6 Å².